The standard InChI is InChI=1S/C12H12Br2ClNO/c13-8-3-4-10(11(14)6-8)12(17)16-5-1-2-9(15)7-16/h3-4,6,9H,1-2,5,7H2. The highest BCUT2D eigenvalue weighted by Crippen LogP contribution is 2.25. The highest BCUT2D eigenvalue weighted by molar-refractivity contribution is 9.11. The van der Waals surface area contributed by atoms with Gasteiger partial charge in [-0.15, -0.1) is 11.6 Å². The quantitative estimate of drug-likeness (QED) is 0.672. The van der Waals surface area contributed by atoms with Crippen LogP contribution in [0.3, 0.4) is 0 Å². The molecule has 1 unspecified atom stereocenters. The van der Waals surface area contributed by atoms with E-state index in [0.717, 1.165) is 28.3 Å². The maximum Gasteiger partial charge on any atom is 0.255 e. The number of benzene rings is 1. The highest BCUT2D eigenvalue weighted by Gasteiger charge is 2.24. The van der Waals surface area contributed by atoms with Gasteiger partial charge in [0, 0.05) is 22.0 Å². The predicted octanol–water partition coefficient (Wildman–Crippen LogP) is 4.06. The summed E-state index contributed by atoms with van der Waals surface area (Å²) < 4.78 is 1.77. The summed E-state index contributed by atoms with van der Waals surface area (Å²) in [6.45, 7) is 1.44. The highest BCUT2D eigenvalue weighted by atomic mass is 79.9. The second-order valence-electron chi connectivity index (χ2n) is 4.11. The van der Waals surface area contributed by atoms with Gasteiger partial charge < -0.3 is 4.90 Å². The lowest BCUT2D eigenvalue weighted by atomic mass is 10.1. The molecule has 1 aromatic rings. The number of alkyl halides is 1. The molecule has 17 heavy (non-hydrogen) atoms. The van der Waals surface area contributed by atoms with Crippen LogP contribution in [0.4, 0.5) is 0 Å². The van der Waals surface area contributed by atoms with Gasteiger partial charge in [-0.25, -0.2) is 0 Å². The van der Waals surface area contributed by atoms with Crippen LogP contribution in [-0.4, -0.2) is 29.3 Å². The Morgan fingerprint density at radius 3 is 2.82 bits per heavy atom. The minimum atomic E-state index is 0.0507. The smallest absolute Gasteiger partial charge is 0.255 e. The van der Waals surface area contributed by atoms with Crippen molar-refractivity contribution in [2.45, 2.75) is 18.2 Å². The van der Waals surface area contributed by atoms with Crippen molar-refractivity contribution >= 4 is 49.4 Å². The molecule has 0 aromatic heterocycles. The molecule has 92 valence electrons. The molecule has 1 aliphatic rings. The molecule has 1 amide bonds. The molecule has 2 rings (SSSR count). The zero-order valence-electron chi connectivity index (χ0n) is 9.13. The summed E-state index contributed by atoms with van der Waals surface area (Å²) in [5, 5.41) is 0.0851. The second kappa shape index (κ2) is 5.72. The molecule has 0 saturated carbocycles. The van der Waals surface area contributed by atoms with Crippen LogP contribution in [0.1, 0.15) is 23.2 Å². The average Bonchev–Trinajstić information content (AvgIpc) is 2.28. The first kappa shape index (κ1) is 13.4. The molecule has 0 bridgehead atoms. The molecule has 0 N–H and O–H groups in total. The number of nitrogens with zero attached hydrogens (tertiary/aromatic N) is 1. The molecular weight excluding hydrogens is 369 g/mol. The summed E-state index contributed by atoms with van der Waals surface area (Å²) in [5.41, 5.74) is 0.693. The third-order valence-electron chi connectivity index (χ3n) is 2.81. The first-order valence-corrected chi connectivity index (χ1v) is 7.48. The Bertz CT molecular complexity index is 439. The van der Waals surface area contributed by atoms with Crippen LogP contribution in [-0.2, 0) is 0 Å². The molecule has 0 radical (unpaired) electrons. The Kier molecular flexibility index (Phi) is 4.50. The van der Waals surface area contributed by atoms with Crippen LogP contribution in [0.5, 0.6) is 0 Å². The fourth-order valence-corrected chi connectivity index (χ4v) is 3.48. The minimum Gasteiger partial charge on any atom is -0.337 e. The number of carbonyl (C=O) groups is 1. The van der Waals surface area contributed by atoms with Crippen molar-refractivity contribution in [3.8, 4) is 0 Å². The summed E-state index contributed by atoms with van der Waals surface area (Å²) >= 11 is 12.9. The molecular formula is C12H12Br2ClNO. The summed E-state index contributed by atoms with van der Waals surface area (Å²) in [6, 6.07) is 5.59. The maximum atomic E-state index is 12.3. The zero-order valence-corrected chi connectivity index (χ0v) is 13.1. The van der Waals surface area contributed by atoms with Gasteiger partial charge in [0.1, 0.15) is 0 Å². The van der Waals surface area contributed by atoms with Crippen LogP contribution < -0.4 is 0 Å². The van der Waals surface area contributed by atoms with Crippen molar-refractivity contribution in [1.82, 2.24) is 4.90 Å². The lowest BCUT2D eigenvalue weighted by molar-refractivity contribution is 0.0726. The number of hydrogen-bond donors (Lipinski definition) is 0. The van der Waals surface area contributed by atoms with Gasteiger partial charge in [0.05, 0.1) is 10.9 Å². The lowest BCUT2D eigenvalue weighted by Gasteiger charge is -2.30. The van der Waals surface area contributed by atoms with Crippen molar-refractivity contribution in [2.75, 3.05) is 13.1 Å². The van der Waals surface area contributed by atoms with Gasteiger partial charge in [-0.1, -0.05) is 15.9 Å². The normalized spacial score (nSPS) is 20.4. The summed E-state index contributed by atoms with van der Waals surface area (Å²) in [7, 11) is 0. The number of halogens is 3. The molecule has 5 heteroatoms. The van der Waals surface area contributed by atoms with E-state index in [1.54, 1.807) is 0 Å². The van der Waals surface area contributed by atoms with E-state index < -0.39 is 0 Å². The largest absolute Gasteiger partial charge is 0.337 e. The average molecular weight is 381 g/mol. The molecule has 1 aromatic carbocycles. The van der Waals surface area contributed by atoms with E-state index in [1.807, 2.05) is 23.1 Å². The second-order valence-corrected chi connectivity index (χ2v) is 6.50. The number of piperidine rings is 1. The predicted molar refractivity (Wildman–Crippen MR) is 76.6 cm³/mol. The monoisotopic (exact) mass is 379 g/mol. The first-order valence-electron chi connectivity index (χ1n) is 5.46. The van der Waals surface area contributed by atoms with Gasteiger partial charge in [0.15, 0.2) is 0 Å². The molecule has 1 heterocycles. The van der Waals surface area contributed by atoms with Crippen molar-refractivity contribution in [3.05, 3.63) is 32.7 Å². The number of amides is 1. The van der Waals surface area contributed by atoms with Gasteiger partial charge in [-0.3, -0.25) is 4.79 Å². The van der Waals surface area contributed by atoms with Gasteiger partial charge in [-0.2, -0.15) is 0 Å². The molecule has 0 spiro atoms. The minimum absolute atomic E-state index is 0.0507. The number of carbonyl (C=O) groups excluding carboxylic acids is 1. The Labute approximate surface area is 123 Å². The van der Waals surface area contributed by atoms with E-state index >= 15 is 0 Å². The molecule has 1 fully saturated rings. The topological polar surface area (TPSA) is 20.3 Å². The maximum absolute atomic E-state index is 12.3. The number of likely N-dealkylation sites (tertiary alicyclic amines) is 1. The van der Waals surface area contributed by atoms with Crippen LogP contribution in [0, 0.1) is 0 Å². The summed E-state index contributed by atoms with van der Waals surface area (Å²) in [6.07, 6.45) is 1.97. The molecule has 2 nitrogen and oxygen atoms in total. The van der Waals surface area contributed by atoms with Crippen LogP contribution in [0.25, 0.3) is 0 Å². The van der Waals surface area contributed by atoms with Crippen molar-refractivity contribution < 1.29 is 4.79 Å². The summed E-state index contributed by atoms with van der Waals surface area (Å²) in [5.74, 6) is 0.0507. The number of hydrogen-bond acceptors (Lipinski definition) is 1. The van der Waals surface area contributed by atoms with Crippen LogP contribution >= 0.6 is 43.5 Å². The van der Waals surface area contributed by atoms with Crippen molar-refractivity contribution in [1.29, 1.82) is 0 Å². The van der Waals surface area contributed by atoms with E-state index in [9.17, 15) is 4.79 Å². The van der Waals surface area contributed by atoms with E-state index in [0.29, 0.717) is 12.1 Å². The van der Waals surface area contributed by atoms with Crippen LogP contribution in [0.15, 0.2) is 27.1 Å². The van der Waals surface area contributed by atoms with Crippen LogP contribution in [0.2, 0.25) is 0 Å². The molecule has 1 atom stereocenters. The third-order valence-corrected chi connectivity index (χ3v) is 4.32. The Balaban J connectivity index is 2.18. The number of rotatable bonds is 1. The Morgan fingerprint density at radius 2 is 2.18 bits per heavy atom. The first-order chi connectivity index (χ1) is 8.08. The third kappa shape index (κ3) is 3.24. The van der Waals surface area contributed by atoms with E-state index in [4.69, 9.17) is 11.6 Å². The Morgan fingerprint density at radius 1 is 1.41 bits per heavy atom. The van der Waals surface area contributed by atoms with Crippen molar-refractivity contribution in [2.24, 2.45) is 0 Å². The van der Waals surface area contributed by atoms with Crippen molar-refractivity contribution in [3.63, 3.8) is 0 Å². The van der Waals surface area contributed by atoms with Gasteiger partial charge in [0.25, 0.3) is 5.91 Å². The van der Waals surface area contributed by atoms with E-state index in [2.05, 4.69) is 31.9 Å². The van der Waals surface area contributed by atoms with E-state index in [1.165, 1.54) is 0 Å². The van der Waals surface area contributed by atoms with Gasteiger partial charge in [0.2, 0.25) is 0 Å². The SMILES string of the molecule is O=C(c1ccc(Br)cc1Br)N1CCCC(Cl)C1. The fraction of sp³-hybridized carbons (Fsp3) is 0.417. The summed E-state index contributed by atoms with van der Waals surface area (Å²) in [4.78, 5) is 14.1. The Hall–Kier alpha value is -0.0600. The molecule has 0 aliphatic carbocycles. The van der Waals surface area contributed by atoms with E-state index in [-0.39, 0.29) is 11.3 Å². The molecule has 1 aliphatic heterocycles. The van der Waals surface area contributed by atoms with Gasteiger partial charge in [-0.05, 0) is 47.0 Å². The fourth-order valence-electron chi connectivity index (χ4n) is 1.94. The van der Waals surface area contributed by atoms with Gasteiger partial charge >= 0.3 is 0 Å². The lowest BCUT2D eigenvalue weighted by Crippen LogP contribution is -2.40. The molecule has 1 saturated heterocycles. The zero-order chi connectivity index (χ0) is 12.4.